The van der Waals surface area contributed by atoms with Gasteiger partial charge in [-0.25, -0.2) is 21.6 Å². The van der Waals surface area contributed by atoms with E-state index in [-0.39, 0.29) is 63.8 Å². The van der Waals surface area contributed by atoms with E-state index in [4.69, 9.17) is 27.6 Å². The number of sulfone groups is 2. The van der Waals surface area contributed by atoms with E-state index < -0.39 is 43.6 Å². The number of nitrogens with one attached hydrogen (secondary N) is 1. The number of fused-ring (bicyclic) bond motifs is 2. The van der Waals surface area contributed by atoms with E-state index >= 15 is 0 Å². The molecule has 2 heterocycles. The molecule has 17 heteroatoms. The molecule has 0 spiro atoms. The van der Waals surface area contributed by atoms with E-state index in [9.17, 15) is 41.1 Å². The summed E-state index contributed by atoms with van der Waals surface area (Å²) in [5, 5.41) is 13.5. The van der Waals surface area contributed by atoms with Gasteiger partial charge >= 0.3 is 5.97 Å². The molecule has 0 radical (unpaired) electrons. The topological polar surface area (TPSA) is 188 Å². The molecule has 1 aliphatic rings. The van der Waals surface area contributed by atoms with Crippen LogP contribution in [0.25, 0.3) is 11.0 Å². The first-order valence-corrected chi connectivity index (χ1v) is 21.6. The maximum atomic E-state index is 14.2. The second kappa shape index (κ2) is 16.1. The van der Waals surface area contributed by atoms with Crippen LogP contribution in [0.3, 0.4) is 0 Å². The van der Waals surface area contributed by atoms with Crippen LogP contribution in [-0.4, -0.2) is 82.2 Å². The van der Waals surface area contributed by atoms with Gasteiger partial charge in [-0.1, -0.05) is 53.5 Å². The van der Waals surface area contributed by atoms with Crippen LogP contribution in [-0.2, 0) is 59.9 Å². The van der Waals surface area contributed by atoms with E-state index in [1.165, 1.54) is 48.7 Å². The molecule has 0 aliphatic carbocycles. The number of nitrogens with zero attached hydrogens (tertiary/aromatic N) is 2. The van der Waals surface area contributed by atoms with Crippen molar-refractivity contribution in [2.75, 3.05) is 24.0 Å². The number of carboxylic acids is 1. The smallest absolute Gasteiger partial charge is 0.326 e. The van der Waals surface area contributed by atoms with Crippen LogP contribution in [0.2, 0.25) is 10.0 Å². The zero-order valence-electron chi connectivity index (χ0n) is 29.9. The third-order valence-corrected chi connectivity index (χ3v) is 12.4. The predicted molar refractivity (Wildman–Crippen MR) is 210 cm³/mol. The van der Waals surface area contributed by atoms with Crippen molar-refractivity contribution in [3.63, 3.8) is 0 Å². The van der Waals surface area contributed by atoms with Crippen molar-refractivity contribution in [2.24, 2.45) is 0 Å². The summed E-state index contributed by atoms with van der Waals surface area (Å²) < 4.78 is 54.5. The molecule has 0 bridgehead atoms. The first-order valence-electron chi connectivity index (χ1n) is 17.1. The van der Waals surface area contributed by atoms with Crippen LogP contribution in [0.4, 0.5) is 5.69 Å². The third-order valence-electron chi connectivity index (χ3n) is 9.52. The van der Waals surface area contributed by atoms with Gasteiger partial charge in [0.2, 0.25) is 12.3 Å². The summed E-state index contributed by atoms with van der Waals surface area (Å²) in [5.74, 6) is -2.63. The monoisotopic (exact) mass is 839 g/mol. The number of furan rings is 1. The summed E-state index contributed by atoms with van der Waals surface area (Å²) in [4.78, 5) is 55.8. The predicted octanol–water partition coefficient (Wildman–Crippen LogP) is 5.13. The minimum Gasteiger partial charge on any atom is -0.480 e. The minimum absolute atomic E-state index is 0.0396. The highest BCUT2D eigenvalue weighted by atomic mass is 35.5. The number of rotatable bonds is 13. The molecule has 13 nitrogen and oxygen atoms in total. The molecule has 3 amide bonds. The second-order valence-electron chi connectivity index (χ2n) is 13.5. The number of carbonyl (C=O) groups is 4. The van der Waals surface area contributed by atoms with E-state index in [0.717, 1.165) is 22.8 Å². The Hall–Kier alpha value is -5.22. The summed E-state index contributed by atoms with van der Waals surface area (Å²) in [5.41, 5.74) is 2.76. The summed E-state index contributed by atoms with van der Waals surface area (Å²) in [6, 6.07) is 16.8. The van der Waals surface area contributed by atoms with Crippen LogP contribution in [0.5, 0.6) is 0 Å². The van der Waals surface area contributed by atoms with Crippen LogP contribution >= 0.6 is 23.2 Å². The molecule has 0 saturated carbocycles. The molecule has 6 rings (SSSR count). The molecule has 0 fully saturated rings. The van der Waals surface area contributed by atoms with Crippen LogP contribution in [0.1, 0.15) is 32.6 Å². The van der Waals surface area contributed by atoms with Gasteiger partial charge in [0.1, 0.15) is 17.7 Å². The summed E-state index contributed by atoms with van der Waals surface area (Å²) in [6.45, 7) is 0.390. The lowest BCUT2D eigenvalue weighted by Gasteiger charge is -2.34. The summed E-state index contributed by atoms with van der Waals surface area (Å²) in [7, 11) is -7.30. The van der Waals surface area contributed by atoms with Crippen molar-refractivity contribution in [1.29, 1.82) is 0 Å². The number of halogens is 2. The van der Waals surface area contributed by atoms with E-state index in [2.05, 4.69) is 5.32 Å². The van der Waals surface area contributed by atoms with Crippen molar-refractivity contribution in [3.8, 4) is 0 Å². The first kappa shape index (κ1) is 40.4. The SMILES string of the molecule is CS(=O)(=O)c1cccc(CC(NC(=O)C(Cc2cccc(S(C)(=O)=O)c2)N(C=O)c2c(Cl)cc3c(c2Cl)CCN(C(=O)c2ccc4ccoc4c2)C3)C(=O)O)c1. The van der Waals surface area contributed by atoms with Crippen LogP contribution < -0.4 is 10.2 Å². The Balaban J connectivity index is 1.34. The Morgan fingerprint density at radius 2 is 1.55 bits per heavy atom. The number of carbonyl (C=O) groups excluding carboxylic acids is 3. The van der Waals surface area contributed by atoms with Gasteiger partial charge in [0.05, 0.1) is 31.8 Å². The number of amides is 3. The molecule has 1 aromatic heterocycles. The quantitative estimate of drug-likeness (QED) is 0.151. The van der Waals surface area contributed by atoms with Gasteiger partial charge in [-0.3, -0.25) is 19.3 Å². The summed E-state index contributed by atoms with van der Waals surface area (Å²) >= 11 is 13.8. The molecular formula is C39H35Cl2N3O10S2. The third kappa shape index (κ3) is 8.76. The Labute approximate surface area is 332 Å². The van der Waals surface area contributed by atoms with Gasteiger partial charge in [-0.15, -0.1) is 0 Å². The van der Waals surface area contributed by atoms with Gasteiger partial charge in [0.25, 0.3) is 5.91 Å². The number of aliphatic carboxylic acids is 1. The van der Waals surface area contributed by atoms with E-state index in [1.54, 1.807) is 41.3 Å². The molecule has 1 aliphatic heterocycles. The van der Waals surface area contributed by atoms with Gasteiger partial charge < -0.3 is 19.7 Å². The van der Waals surface area contributed by atoms with Crippen molar-refractivity contribution >= 4 is 83.7 Å². The Kier molecular flexibility index (Phi) is 11.6. The van der Waals surface area contributed by atoms with E-state index in [0.29, 0.717) is 39.8 Å². The Morgan fingerprint density at radius 3 is 2.16 bits per heavy atom. The first-order chi connectivity index (χ1) is 26.4. The minimum atomic E-state index is -3.68. The molecule has 5 aromatic rings. The number of hydrogen-bond donors (Lipinski definition) is 2. The molecule has 0 saturated heterocycles. The van der Waals surface area contributed by atoms with Gasteiger partial charge in [-0.2, -0.15) is 0 Å². The maximum absolute atomic E-state index is 14.2. The van der Waals surface area contributed by atoms with E-state index in [1.807, 2.05) is 0 Å². The van der Waals surface area contributed by atoms with Crippen molar-refractivity contribution in [1.82, 2.24) is 10.2 Å². The zero-order chi connectivity index (χ0) is 40.5. The standard InChI is InChI=1S/C39H35Cl2N3O10S2/c1-55(50,51)28-7-3-5-23(15-28)17-32(39(48)49)42-37(46)33(18-24-6-4-8-29(16-24)56(2,52)53)44(22-45)36-31(40)19-27-21-43(13-11-30(27)35(36)41)38(47)26-10-9-25-12-14-54-34(25)20-26/h3-10,12,14-16,19-20,22,32-33H,11,13,17-18,21H2,1-2H3,(H,42,46)(H,48,49). The highest BCUT2D eigenvalue weighted by Crippen LogP contribution is 2.41. The fourth-order valence-corrected chi connectivity index (χ4v) is 8.82. The average molecular weight is 841 g/mol. The molecule has 292 valence electrons. The molecule has 2 N–H and O–H groups in total. The number of hydrogen-bond acceptors (Lipinski definition) is 9. The van der Waals surface area contributed by atoms with Crippen molar-refractivity contribution in [3.05, 3.63) is 123 Å². The number of benzene rings is 4. The van der Waals surface area contributed by atoms with Crippen LogP contribution in [0.15, 0.2) is 99.3 Å². The van der Waals surface area contributed by atoms with Gasteiger partial charge in [-0.05, 0) is 77.2 Å². The maximum Gasteiger partial charge on any atom is 0.326 e. The number of carboxylic acid groups (broad SMARTS) is 1. The lowest BCUT2D eigenvalue weighted by Crippen LogP contribution is -2.53. The highest BCUT2D eigenvalue weighted by Gasteiger charge is 2.35. The Morgan fingerprint density at radius 1 is 0.911 bits per heavy atom. The average Bonchev–Trinajstić information content (AvgIpc) is 3.63. The fraction of sp³-hybridized carbons (Fsp3) is 0.231. The van der Waals surface area contributed by atoms with Gasteiger partial charge in [0.15, 0.2) is 19.7 Å². The molecule has 2 unspecified atom stereocenters. The van der Waals surface area contributed by atoms with Gasteiger partial charge in [0, 0.05) is 49.4 Å². The lowest BCUT2D eigenvalue weighted by molar-refractivity contribution is -0.142. The lowest BCUT2D eigenvalue weighted by atomic mass is 9.96. The fourth-order valence-electron chi connectivity index (χ4n) is 6.65. The number of anilines is 1. The normalized spacial score (nSPS) is 14.1. The molecule has 2 atom stereocenters. The second-order valence-corrected chi connectivity index (χ2v) is 18.3. The van der Waals surface area contributed by atoms with Crippen molar-refractivity contribution < 1.29 is 45.5 Å². The summed E-state index contributed by atoms with van der Waals surface area (Å²) in [6.07, 6.45) is 3.55. The molecular weight excluding hydrogens is 805 g/mol. The Bertz CT molecular complexity index is 2610. The largest absolute Gasteiger partial charge is 0.480 e. The van der Waals surface area contributed by atoms with Crippen LogP contribution in [0, 0.1) is 0 Å². The van der Waals surface area contributed by atoms with Crippen molar-refractivity contribution in [2.45, 2.75) is 47.7 Å². The molecule has 56 heavy (non-hydrogen) atoms. The zero-order valence-corrected chi connectivity index (χ0v) is 33.1. The highest BCUT2D eigenvalue weighted by molar-refractivity contribution is 7.91. The molecule has 4 aromatic carbocycles.